The number of hydrogen-bond donors (Lipinski definition) is 3. The Hall–Kier alpha value is -0.120. The van der Waals surface area contributed by atoms with Crippen molar-refractivity contribution < 1.29 is 15.3 Å². The van der Waals surface area contributed by atoms with Crippen LogP contribution in [0.3, 0.4) is 0 Å². The zero-order valence-corrected chi connectivity index (χ0v) is 19.5. The molecular formula is C26H46O3. The molecule has 3 heteroatoms. The molecule has 0 amide bonds. The van der Waals surface area contributed by atoms with E-state index in [4.69, 9.17) is 0 Å². The van der Waals surface area contributed by atoms with E-state index in [0.717, 1.165) is 44.4 Å². The molecule has 3 nitrogen and oxygen atoms in total. The van der Waals surface area contributed by atoms with Crippen LogP contribution >= 0.6 is 0 Å². The number of fused-ring (bicyclic) bond motifs is 5. The van der Waals surface area contributed by atoms with Gasteiger partial charge in [-0.1, -0.05) is 20.8 Å². The first-order chi connectivity index (χ1) is 13.5. The summed E-state index contributed by atoms with van der Waals surface area (Å²) in [6, 6.07) is 0. The third-order valence-electron chi connectivity index (χ3n) is 10.5. The zero-order chi connectivity index (χ0) is 21.2. The fourth-order valence-corrected chi connectivity index (χ4v) is 9.12. The van der Waals surface area contributed by atoms with Gasteiger partial charge in [-0.2, -0.15) is 0 Å². The lowest BCUT2D eigenvalue weighted by Gasteiger charge is -2.62. The van der Waals surface area contributed by atoms with Crippen molar-refractivity contribution in [2.75, 3.05) is 0 Å². The highest BCUT2D eigenvalue weighted by Gasteiger charge is 2.63. The minimum Gasteiger partial charge on any atom is -0.393 e. The topological polar surface area (TPSA) is 60.7 Å². The standard InChI is InChI=1S/C26H46O3/c1-16(10-12-24(2,3)29)20-8-9-21-19-7-6-17-14-18(27)11-13-25(17,4)23(19)22(28)15-26(20,21)5/h16-23,27-29H,6-15H2,1-5H3/t16-,17+,18+,19+,20-,21+,22+,23-,25+,26-/m1/s1. The molecule has 4 saturated carbocycles. The SMILES string of the molecule is C[C@H](CCC(C)(C)O)[C@H]1CC[C@H]2[C@@H]3CC[C@H]4C[C@@H](O)CC[C@]4(C)[C@H]3[C@@H](O)C[C@]12C. The predicted molar refractivity (Wildman–Crippen MR) is 117 cm³/mol. The van der Waals surface area contributed by atoms with Crippen LogP contribution in [0.15, 0.2) is 0 Å². The van der Waals surface area contributed by atoms with Crippen LogP contribution in [0.1, 0.15) is 98.8 Å². The smallest absolute Gasteiger partial charge is 0.0591 e. The molecule has 0 aromatic heterocycles. The fraction of sp³-hybridized carbons (Fsp3) is 1.00. The Balaban J connectivity index is 1.54. The van der Waals surface area contributed by atoms with E-state index >= 15 is 0 Å². The van der Waals surface area contributed by atoms with Crippen LogP contribution in [0.2, 0.25) is 0 Å². The third kappa shape index (κ3) is 3.72. The van der Waals surface area contributed by atoms with Gasteiger partial charge in [0.15, 0.2) is 0 Å². The number of hydrogen-bond acceptors (Lipinski definition) is 3. The van der Waals surface area contributed by atoms with E-state index in [-0.39, 0.29) is 23.0 Å². The van der Waals surface area contributed by atoms with E-state index in [9.17, 15) is 15.3 Å². The summed E-state index contributed by atoms with van der Waals surface area (Å²) in [4.78, 5) is 0. The molecule has 29 heavy (non-hydrogen) atoms. The Kier molecular flexibility index (Phi) is 5.70. The van der Waals surface area contributed by atoms with E-state index in [1.807, 2.05) is 13.8 Å². The summed E-state index contributed by atoms with van der Waals surface area (Å²) in [5.41, 5.74) is -0.118. The quantitative estimate of drug-likeness (QED) is 0.604. The summed E-state index contributed by atoms with van der Waals surface area (Å²) in [7, 11) is 0. The predicted octanol–water partition coefficient (Wildman–Crippen LogP) is 5.16. The number of aliphatic hydroxyl groups excluding tert-OH is 2. The molecule has 10 atom stereocenters. The second-order valence-corrected chi connectivity index (χ2v) is 12.8. The minimum atomic E-state index is -0.580. The van der Waals surface area contributed by atoms with Crippen molar-refractivity contribution in [1.82, 2.24) is 0 Å². The van der Waals surface area contributed by atoms with E-state index < -0.39 is 5.60 Å². The van der Waals surface area contributed by atoms with Crippen LogP contribution in [0.25, 0.3) is 0 Å². The molecule has 4 rings (SSSR count). The normalized spacial score (nSPS) is 51.1. The summed E-state index contributed by atoms with van der Waals surface area (Å²) in [6.07, 6.45) is 10.7. The van der Waals surface area contributed by atoms with Crippen molar-refractivity contribution in [2.45, 2.75) is 117 Å². The summed E-state index contributed by atoms with van der Waals surface area (Å²) in [6.45, 7) is 11.2. The van der Waals surface area contributed by atoms with Gasteiger partial charge >= 0.3 is 0 Å². The second-order valence-electron chi connectivity index (χ2n) is 12.8. The molecular weight excluding hydrogens is 360 g/mol. The molecule has 4 fully saturated rings. The molecule has 0 saturated heterocycles. The van der Waals surface area contributed by atoms with E-state index in [2.05, 4.69) is 20.8 Å². The van der Waals surface area contributed by atoms with Gasteiger partial charge in [-0.3, -0.25) is 0 Å². The molecule has 0 radical (unpaired) electrons. The van der Waals surface area contributed by atoms with Gasteiger partial charge < -0.3 is 15.3 Å². The van der Waals surface area contributed by atoms with Gasteiger partial charge in [0.25, 0.3) is 0 Å². The van der Waals surface area contributed by atoms with Gasteiger partial charge in [0, 0.05) is 0 Å². The lowest BCUT2D eigenvalue weighted by atomic mass is 9.43. The molecule has 0 spiro atoms. The van der Waals surface area contributed by atoms with Crippen LogP contribution in [0.5, 0.6) is 0 Å². The molecule has 168 valence electrons. The summed E-state index contributed by atoms with van der Waals surface area (Å²) in [5, 5.41) is 32.0. The van der Waals surface area contributed by atoms with E-state index in [0.29, 0.717) is 29.6 Å². The van der Waals surface area contributed by atoms with Crippen molar-refractivity contribution >= 4 is 0 Å². The third-order valence-corrected chi connectivity index (χ3v) is 10.5. The Morgan fingerprint density at radius 3 is 2.41 bits per heavy atom. The Bertz CT molecular complexity index is 597. The Labute approximate surface area is 178 Å². The fourth-order valence-electron chi connectivity index (χ4n) is 9.12. The highest BCUT2D eigenvalue weighted by atomic mass is 16.3. The van der Waals surface area contributed by atoms with Crippen molar-refractivity contribution in [3.63, 3.8) is 0 Å². The first-order valence-corrected chi connectivity index (χ1v) is 12.5. The molecule has 4 aliphatic rings. The number of aliphatic hydroxyl groups is 3. The van der Waals surface area contributed by atoms with Crippen molar-refractivity contribution in [3.05, 3.63) is 0 Å². The van der Waals surface area contributed by atoms with Gasteiger partial charge in [0.05, 0.1) is 17.8 Å². The molecule has 3 N–H and O–H groups in total. The molecule has 0 heterocycles. The van der Waals surface area contributed by atoms with Crippen molar-refractivity contribution in [1.29, 1.82) is 0 Å². The number of rotatable bonds is 4. The largest absolute Gasteiger partial charge is 0.393 e. The van der Waals surface area contributed by atoms with Crippen LogP contribution < -0.4 is 0 Å². The van der Waals surface area contributed by atoms with Gasteiger partial charge in [0.1, 0.15) is 0 Å². The monoisotopic (exact) mass is 406 g/mol. The highest BCUT2D eigenvalue weighted by Crippen LogP contribution is 2.68. The lowest BCUT2D eigenvalue weighted by molar-refractivity contribution is -0.179. The first kappa shape index (κ1) is 22.1. The lowest BCUT2D eigenvalue weighted by Crippen LogP contribution is -2.59. The highest BCUT2D eigenvalue weighted by molar-refractivity contribution is 5.12. The van der Waals surface area contributed by atoms with Gasteiger partial charge in [-0.25, -0.2) is 0 Å². The molecule has 0 aromatic carbocycles. The van der Waals surface area contributed by atoms with Crippen molar-refractivity contribution in [3.8, 4) is 0 Å². The van der Waals surface area contributed by atoms with E-state index in [1.54, 1.807) is 0 Å². The Morgan fingerprint density at radius 1 is 1.00 bits per heavy atom. The van der Waals surface area contributed by atoms with Crippen LogP contribution in [0.4, 0.5) is 0 Å². The van der Waals surface area contributed by atoms with Crippen molar-refractivity contribution in [2.24, 2.45) is 46.3 Å². The maximum absolute atomic E-state index is 11.5. The first-order valence-electron chi connectivity index (χ1n) is 12.5. The average Bonchev–Trinajstić information content (AvgIpc) is 2.96. The zero-order valence-electron chi connectivity index (χ0n) is 19.5. The summed E-state index contributed by atoms with van der Waals surface area (Å²) >= 11 is 0. The maximum atomic E-state index is 11.5. The molecule has 0 unspecified atom stereocenters. The van der Waals surface area contributed by atoms with Gasteiger partial charge in [-0.05, 0) is 124 Å². The second kappa shape index (κ2) is 7.48. The molecule has 0 aromatic rings. The molecule has 4 aliphatic carbocycles. The van der Waals surface area contributed by atoms with Gasteiger partial charge in [0.2, 0.25) is 0 Å². The van der Waals surface area contributed by atoms with E-state index in [1.165, 1.54) is 25.7 Å². The summed E-state index contributed by atoms with van der Waals surface area (Å²) in [5.74, 6) is 3.70. The van der Waals surface area contributed by atoms with Gasteiger partial charge in [-0.15, -0.1) is 0 Å². The van der Waals surface area contributed by atoms with Crippen LogP contribution in [0, 0.1) is 46.3 Å². The maximum Gasteiger partial charge on any atom is 0.0591 e. The average molecular weight is 407 g/mol. The minimum absolute atomic E-state index is 0.122. The summed E-state index contributed by atoms with van der Waals surface area (Å²) < 4.78 is 0. The molecule has 0 aliphatic heterocycles. The Morgan fingerprint density at radius 2 is 1.72 bits per heavy atom. The van der Waals surface area contributed by atoms with Crippen LogP contribution in [-0.4, -0.2) is 33.1 Å². The molecule has 0 bridgehead atoms. The van der Waals surface area contributed by atoms with Crippen LogP contribution in [-0.2, 0) is 0 Å².